The average Bonchev–Trinajstić information content (AvgIpc) is 2.38. The predicted molar refractivity (Wildman–Crippen MR) is 78.0 cm³/mol. The molecule has 4 heteroatoms. The van der Waals surface area contributed by atoms with Crippen LogP contribution in [0.25, 0.3) is 0 Å². The van der Waals surface area contributed by atoms with Crippen LogP contribution >= 0.6 is 15.9 Å². The summed E-state index contributed by atoms with van der Waals surface area (Å²) in [5, 5.41) is 0.698. The topological polar surface area (TPSA) is 6.48 Å². The van der Waals surface area contributed by atoms with E-state index in [0.717, 1.165) is 18.7 Å². The van der Waals surface area contributed by atoms with Gasteiger partial charge in [-0.2, -0.15) is 0 Å². The highest BCUT2D eigenvalue weighted by molar-refractivity contribution is 9.08. The molecule has 1 aliphatic heterocycles. The Bertz CT molecular complexity index is 409. The van der Waals surface area contributed by atoms with Crippen LogP contribution in [0.15, 0.2) is 18.2 Å². The van der Waals surface area contributed by atoms with Gasteiger partial charge in [-0.1, -0.05) is 15.9 Å². The van der Waals surface area contributed by atoms with E-state index in [-0.39, 0.29) is 5.82 Å². The lowest BCUT2D eigenvalue weighted by molar-refractivity contribution is 0.258. The van der Waals surface area contributed by atoms with Crippen molar-refractivity contribution in [2.75, 3.05) is 32.1 Å². The first-order chi connectivity index (χ1) is 8.61. The molecule has 1 aliphatic rings. The Morgan fingerprint density at radius 1 is 1.44 bits per heavy atom. The molecule has 0 aliphatic carbocycles. The maximum Gasteiger partial charge on any atom is 0.123 e. The van der Waals surface area contributed by atoms with E-state index in [2.05, 4.69) is 39.8 Å². The fourth-order valence-corrected chi connectivity index (χ4v) is 3.01. The van der Waals surface area contributed by atoms with Gasteiger partial charge >= 0.3 is 0 Å². The molecular weight excluding hydrogens is 295 g/mol. The number of anilines is 1. The van der Waals surface area contributed by atoms with Gasteiger partial charge in [-0.25, -0.2) is 4.39 Å². The van der Waals surface area contributed by atoms with Gasteiger partial charge in [-0.15, -0.1) is 0 Å². The predicted octanol–water partition coefficient (Wildman–Crippen LogP) is 3.25. The number of hydrogen-bond acceptors (Lipinski definition) is 2. The third kappa shape index (κ3) is 3.04. The van der Waals surface area contributed by atoms with Gasteiger partial charge in [0.2, 0.25) is 0 Å². The monoisotopic (exact) mass is 314 g/mol. The fraction of sp³-hybridized carbons (Fsp3) is 0.571. The van der Waals surface area contributed by atoms with Gasteiger partial charge < -0.3 is 9.80 Å². The summed E-state index contributed by atoms with van der Waals surface area (Å²) in [4.78, 5) is 4.66. The van der Waals surface area contributed by atoms with E-state index >= 15 is 0 Å². The molecule has 0 spiro atoms. The molecule has 1 aromatic rings. The van der Waals surface area contributed by atoms with Crippen LogP contribution in [0.1, 0.15) is 18.4 Å². The number of benzene rings is 1. The number of alkyl halides is 1. The van der Waals surface area contributed by atoms with E-state index in [9.17, 15) is 4.39 Å². The molecule has 2 nitrogen and oxygen atoms in total. The van der Waals surface area contributed by atoms with Gasteiger partial charge in [-0.3, -0.25) is 0 Å². The number of piperidine rings is 1. The highest BCUT2D eigenvalue weighted by Gasteiger charge is 2.22. The number of rotatable bonds is 3. The largest absolute Gasteiger partial charge is 0.370 e. The zero-order valence-corrected chi connectivity index (χ0v) is 12.6. The van der Waals surface area contributed by atoms with Crippen LogP contribution < -0.4 is 4.90 Å². The Balaban J connectivity index is 2.20. The average molecular weight is 315 g/mol. The van der Waals surface area contributed by atoms with Crippen LogP contribution in [0.4, 0.5) is 10.1 Å². The lowest BCUT2D eigenvalue weighted by Gasteiger charge is -2.38. The van der Waals surface area contributed by atoms with Gasteiger partial charge in [0, 0.05) is 30.1 Å². The molecular formula is C14H20BrFN2. The molecule has 1 fully saturated rings. The Kier molecular flexibility index (Phi) is 4.62. The molecule has 0 radical (unpaired) electrons. The molecule has 0 saturated carbocycles. The third-order valence-electron chi connectivity index (χ3n) is 3.65. The van der Waals surface area contributed by atoms with Crippen molar-refractivity contribution in [1.82, 2.24) is 4.90 Å². The first kappa shape index (κ1) is 13.8. The van der Waals surface area contributed by atoms with E-state index in [0.29, 0.717) is 11.4 Å². The van der Waals surface area contributed by atoms with Crippen molar-refractivity contribution in [2.24, 2.45) is 0 Å². The van der Waals surface area contributed by atoms with Crippen molar-refractivity contribution >= 4 is 21.6 Å². The van der Waals surface area contributed by atoms with Crippen molar-refractivity contribution in [1.29, 1.82) is 0 Å². The molecule has 2 rings (SSSR count). The first-order valence-corrected chi connectivity index (χ1v) is 7.49. The van der Waals surface area contributed by atoms with Crippen LogP contribution in [-0.2, 0) is 5.33 Å². The quantitative estimate of drug-likeness (QED) is 0.790. The minimum absolute atomic E-state index is 0.158. The molecule has 0 amide bonds. The van der Waals surface area contributed by atoms with Gasteiger partial charge in [0.05, 0.1) is 0 Å². The van der Waals surface area contributed by atoms with Crippen molar-refractivity contribution in [3.8, 4) is 0 Å². The van der Waals surface area contributed by atoms with Gasteiger partial charge in [0.15, 0.2) is 0 Å². The van der Waals surface area contributed by atoms with Gasteiger partial charge in [0.25, 0.3) is 0 Å². The molecule has 18 heavy (non-hydrogen) atoms. The summed E-state index contributed by atoms with van der Waals surface area (Å²) in [6.07, 6.45) is 2.44. The SMILES string of the molecule is CN(C)C1CCCN(c2ccc(F)cc2CBr)C1. The highest BCUT2D eigenvalue weighted by atomic mass is 79.9. The summed E-state index contributed by atoms with van der Waals surface area (Å²) in [5.41, 5.74) is 2.20. The third-order valence-corrected chi connectivity index (χ3v) is 4.26. The van der Waals surface area contributed by atoms with E-state index in [1.807, 2.05) is 6.07 Å². The molecule has 1 unspecified atom stereocenters. The summed E-state index contributed by atoms with van der Waals surface area (Å²) in [6, 6.07) is 5.68. The van der Waals surface area contributed by atoms with E-state index in [1.165, 1.54) is 18.5 Å². The van der Waals surface area contributed by atoms with Crippen molar-refractivity contribution in [2.45, 2.75) is 24.2 Å². The molecule has 1 aromatic carbocycles. The minimum atomic E-state index is -0.158. The molecule has 0 aromatic heterocycles. The molecule has 0 N–H and O–H groups in total. The Labute approximate surface area is 117 Å². The Morgan fingerprint density at radius 3 is 2.89 bits per heavy atom. The number of nitrogens with zero attached hydrogens (tertiary/aromatic N) is 2. The second-order valence-corrected chi connectivity index (χ2v) is 5.67. The summed E-state index contributed by atoms with van der Waals surface area (Å²) in [7, 11) is 4.26. The van der Waals surface area contributed by atoms with Crippen molar-refractivity contribution in [3.05, 3.63) is 29.6 Å². The fourth-order valence-electron chi connectivity index (χ4n) is 2.56. The zero-order chi connectivity index (χ0) is 13.1. The summed E-state index contributed by atoms with van der Waals surface area (Å²) >= 11 is 3.45. The minimum Gasteiger partial charge on any atom is -0.370 e. The molecule has 1 atom stereocenters. The molecule has 0 bridgehead atoms. The van der Waals surface area contributed by atoms with Gasteiger partial charge in [-0.05, 0) is 50.7 Å². The van der Waals surface area contributed by atoms with Crippen molar-refractivity contribution in [3.63, 3.8) is 0 Å². The second kappa shape index (κ2) is 6.02. The van der Waals surface area contributed by atoms with Crippen LogP contribution in [-0.4, -0.2) is 38.1 Å². The van der Waals surface area contributed by atoms with E-state index < -0.39 is 0 Å². The lowest BCUT2D eigenvalue weighted by atomic mass is 10.0. The number of likely N-dealkylation sites (N-methyl/N-ethyl adjacent to an activating group) is 1. The standard InChI is InChI=1S/C14H20BrFN2/c1-17(2)13-4-3-7-18(10-13)14-6-5-12(16)8-11(14)9-15/h5-6,8,13H,3-4,7,9-10H2,1-2H3. The van der Waals surface area contributed by atoms with Gasteiger partial charge in [0.1, 0.15) is 5.82 Å². The summed E-state index contributed by atoms with van der Waals surface area (Å²) < 4.78 is 13.3. The normalized spacial score (nSPS) is 20.5. The van der Waals surface area contributed by atoms with Crippen LogP contribution in [0, 0.1) is 5.82 Å². The molecule has 1 saturated heterocycles. The lowest BCUT2D eigenvalue weighted by Crippen LogP contribution is -2.45. The number of hydrogen-bond donors (Lipinski definition) is 0. The first-order valence-electron chi connectivity index (χ1n) is 6.37. The zero-order valence-electron chi connectivity index (χ0n) is 11.0. The maximum absolute atomic E-state index is 13.3. The van der Waals surface area contributed by atoms with Crippen molar-refractivity contribution < 1.29 is 4.39 Å². The molecule has 1 heterocycles. The Hall–Kier alpha value is -0.610. The highest BCUT2D eigenvalue weighted by Crippen LogP contribution is 2.27. The number of halogens is 2. The smallest absolute Gasteiger partial charge is 0.123 e. The summed E-state index contributed by atoms with van der Waals surface area (Å²) in [5.74, 6) is -0.158. The van der Waals surface area contributed by atoms with E-state index in [4.69, 9.17) is 0 Å². The molecule has 100 valence electrons. The van der Waals surface area contributed by atoms with Crippen LogP contribution in [0.5, 0.6) is 0 Å². The van der Waals surface area contributed by atoms with Crippen LogP contribution in [0.2, 0.25) is 0 Å². The summed E-state index contributed by atoms with van der Waals surface area (Å²) in [6.45, 7) is 2.09. The van der Waals surface area contributed by atoms with E-state index in [1.54, 1.807) is 12.1 Å². The van der Waals surface area contributed by atoms with Crippen LogP contribution in [0.3, 0.4) is 0 Å². The Morgan fingerprint density at radius 2 is 2.22 bits per heavy atom. The second-order valence-electron chi connectivity index (χ2n) is 5.11. The maximum atomic E-state index is 13.3.